The molecule has 1 aliphatic rings. The van der Waals surface area contributed by atoms with Crippen molar-refractivity contribution in [3.05, 3.63) is 23.8 Å². The third-order valence-corrected chi connectivity index (χ3v) is 4.50. The second-order valence-electron chi connectivity index (χ2n) is 5.05. The lowest BCUT2D eigenvalue weighted by Crippen LogP contribution is -2.04. The lowest BCUT2D eigenvalue weighted by Gasteiger charge is -2.04. The molecule has 102 valence electrons. The van der Waals surface area contributed by atoms with E-state index in [1.165, 1.54) is 23.8 Å². The molecule has 2 nitrogen and oxygen atoms in total. The standard InChI is InChI=1S/C13H13F3N2S/c1-7-4-8(7)6-17-12-18-10-5-9(13(14,15)16)2-3-11(10)19-12/h2-3,5,7-8H,4,6H2,1H3,(H,17,18). The highest BCUT2D eigenvalue weighted by Crippen LogP contribution is 2.38. The maximum absolute atomic E-state index is 12.6. The lowest BCUT2D eigenvalue weighted by molar-refractivity contribution is -0.137. The van der Waals surface area contributed by atoms with Crippen molar-refractivity contribution in [3.63, 3.8) is 0 Å². The smallest absolute Gasteiger partial charge is 0.361 e. The van der Waals surface area contributed by atoms with Crippen LogP contribution in [-0.4, -0.2) is 11.5 Å². The zero-order chi connectivity index (χ0) is 13.6. The van der Waals surface area contributed by atoms with Gasteiger partial charge in [-0.05, 0) is 36.5 Å². The van der Waals surface area contributed by atoms with Crippen LogP contribution in [0.4, 0.5) is 18.3 Å². The minimum Gasteiger partial charge on any atom is -0.361 e. The third-order valence-electron chi connectivity index (χ3n) is 3.51. The molecule has 1 aromatic heterocycles. The van der Waals surface area contributed by atoms with Crippen molar-refractivity contribution in [1.82, 2.24) is 4.98 Å². The van der Waals surface area contributed by atoms with Gasteiger partial charge in [-0.25, -0.2) is 4.98 Å². The minimum atomic E-state index is -4.31. The second-order valence-corrected chi connectivity index (χ2v) is 6.08. The van der Waals surface area contributed by atoms with Crippen molar-refractivity contribution in [2.45, 2.75) is 19.5 Å². The topological polar surface area (TPSA) is 24.9 Å². The van der Waals surface area contributed by atoms with Gasteiger partial charge in [0.25, 0.3) is 0 Å². The summed E-state index contributed by atoms with van der Waals surface area (Å²) < 4.78 is 38.5. The van der Waals surface area contributed by atoms with Gasteiger partial charge in [-0.3, -0.25) is 0 Å². The van der Waals surface area contributed by atoms with Crippen molar-refractivity contribution < 1.29 is 13.2 Å². The van der Waals surface area contributed by atoms with Crippen LogP contribution in [0.3, 0.4) is 0 Å². The zero-order valence-electron chi connectivity index (χ0n) is 10.3. The molecule has 1 saturated carbocycles. The summed E-state index contributed by atoms with van der Waals surface area (Å²) in [5, 5.41) is 3.91. The molecule has 1 aromatic carbocycles. The summed E-state index contributed by atoms with van der Waals surface area (Å²) in [6, 6.07) is 3.70. The predicted octanol–water partition coefficient (Wildman–Crippen LogP) is 4.38. The lowest BCUT2D eigenvalue weighted by atomic mass is 10.2. The van der Waals surface area contributed by atoms with E-state index in [-0.39, 0.29) is 0 Å². The van der Waals surface area contributed by atoms with Crippen LogP contribution in [0.25, 0.3) is 10.2 Å². The van der Waals surface area contributed by atoms with Gasteiger partial charge >= 0.3 is 6.18 Å². The largest absolute Gasteiger partial charge is 0.416 e. The van der Waals surface area contributed by atoms with E-state index in [1.54, 1.807) is 0 Å². The Kier molecular flexibility index (Phi) is 2.92. The van der Waals surface area contributed by atoms with E-state index in [2.05, 4.69) is 17.2 Å². The van der Waals surface area contributed by atoms with Crippen molar-refractivity contribution in [2.24, 2.45) is 11.8 Å². The monoisotopic (exact) mass is 286 g/mol. The first kappa shape index (κ1) is 12.7. The number of aromatic nitrogens is 1. The first-order chi connectivity index (χ1) is 8.93. The Morgan fingerprint density at radius 2 is 2.16 bits per heavy atom. The number of hydrogen-bond donors (Lipinski definition) is 1. The van der Waals surface area contributed by atoms with E-state index in [9.17, 15) is 13.2 Å². The Morgan fingerprint density at radius 3 is 2.79 bits per heavy atom. The fraction of sp³-hybridized carbons (Fsp3) is 0.462. The highest BCUT2D eigenvalue weighted by atomic mass is 32.1. The summed E-state index contributed by atoms with van der Waals surface area (Å²) in [5.74, 6) is 1.43. The molecule has 0 amide bonds. The molecule has 1 N–H and O–H groups in total. The maximum Gasteiger partial charge on any atom is 0.416 e. The second kappa shape index (κ2) is 4.37. The van der Waals surface area contributed by atoms with E-state index < -0.39 is 11.7 Å². The summed E-state index contributed by atoms with van der Waals surface area (Å²) in [6.45, 7) is 3.05. The van der Waals surface area contributed by atoms with Crippen LogP contribution in [0.5, 0.6) is 0 Å². The number of benzene rings is 1. The van der Waals surface area contributed by atoms with Crippen LogP contribution in [0, 0.1) is 11.8 Å². The van der Waals surface area contributed by atoms with Gasteiger partial charge < -0.3 is 5.32 Å². The summed E-state index contributed by atoms with van der Waals surface area (Å²) in [4.78, 5) is 4.22. The van der Waals surface area contributed by atoms with E-state index in [0.29, 0.717) is 16.6 Å². The first-order valence-electron chi connectivity index (χ1n) is 6.15. The normalized spacial score (nSPS) is 22.7. The Labute approximate surface area is 112 Å². The van der Waals surface area contributed by atoms with Crippen molar-refractivity contribution >= 4 is 26.7 Å². The molecule has 1 fully saturated rings. The molecule has 19 heavy (non-hydrogen) atoms. The Balaban J connectivity index is 1.80. The number of nitrogens with zero attached hydrogens (tertiary/aromatic N) is 1. The number of hydrogen-bond acceptors (Lipinski definition) is 3. The van der Waals surface area contributed by atoms with E-state index >= 15 is 0 Å². The summed E-state index contributed by atoms with van der Waals surface area (Å²) in [5.41, 5.74) is -0.237. The molecule has 3 rings (SSSR count). The molecule has 0 spiro atoms. The molecule has 1 heterocycles. The molecule has 1 aliphatic carbocycles. The number of fused-ring (bicyclic) bond motifs is 1. The highest BCUT2D eigenvalue weighted by Gasteiger charge is 2.32. The van der Waals surface area contributed by atoms with Crippen LogP contribution >= 0.6 is 11.3 Å². The molecular formula is C13H13F3N2S. The zero-order valence-corrected chi connectivity index (χ0v) is 11.1. The quantitative estimate of drug-likeness (QED) is 0.905. The Morgan fingerprint density at radius 1 is 1.42 bits per heavy atom. The molecule has 2 aromatic rings. The van der Waals surface area contributed by atoms with Crippen molar-refractivity contribution in [3.8, 4) is 0 Å². The fourth-order valence-electron chi connectivity index (χ4n) is 2.08. The van der Waals surface area contributed by atoms with Gasteiger partial charge in [0.1, 0.15) is 0 Å². The molecule has 6 heteroatoms. The van der Waals surface area contributed by atoms with Crippen molar-refractivity contribution in [1.29, 1.82) is 0 Å². The van der Waals surface area contributed by atoms with Gasteiger partial charge in [0.15, 0.2) is 5.13 Å². The number of thiazole rings is 1. The van der Waals surface area contributed by atoms with Gasteiger partial charge in [0, 0.05) is 6.54 Å². The summed E-state index contributed by atoms with van der Waals surface area (Å²) in [7, 11) is 0. The van der Waals surface area contributed by atoms with Crippen LogP contribution in [0.15, 0.2) is 18.2 Å². The van der Waals surface area contributed by atoms with Crippen LogP contribution in [0.2, 0.25) is 0 Å². The third kappa shape index (κ3) is 2.68. The molecule has 0 radical (unpaired) electrons. The van der Waals surface area contributed by atoms with Crippen LogP contribution in [-0.2, 0) is 6.18 Å². The molecule has 0 saturated heterocycles. The Bertz CT molecular complexity index is 605. The van der Waals surface area contributed by atoms with Crippen LogP contribution < -0.4 is 5.32 Å². The van der Waals surface area contributed by atoms with E-state index in [4.69, 9.17) is 0 Å². The van der Waals surface area contributed by atoms with Gasteiger partial charge in [-0.15, -0.1) is 0 Å². The maximum atomic E-state index is 12.6. The van der Waals surface area contributed by atoms with Gasteiger partial charge in [0.05, 0.1) is 15.8 Å². The average Bonchev–Trinajstić information content (AvgIpc) is 2.88. The minimum absolute atomic E-state index is 0.408. The summed E-state index contributed by atoms with van der Waals surface area (Å²) in [6.07, 6.45) is -3.09. The van der Waals surface area contributed by atoms with Gasteiger partial charge in [0.2, 0.25) is 0 Å². The number of rotatable bonds is 3. The fourth-order valence-corrected chi connectivity index (χ4v) is 2.93. The number of halogens is 3. The van der Waals surface area contributed by atoms with E-state index in [1.807, 2.05) is 0 Å². The predicted molar refractivity (Wildman–Crippen MR) is 70.4 cm³/mol. The SMILES string of the molecule is CC1CC1CNc1nc2cc(C(F)(F)F)ccc2s1. The molecular weight excluding hydrogens is 273 g/mol. The average molecular weight is 286 g/mol. The first-order valence-corrected chi connectivity index (χ1v) is 6.97. The van der Waals surface area contributed by atoms with E-state index in [0.717, 1.165) is 29.3 Å². The number of nitrogens with one attached hydrogen (secondary N) is 1. The van der Waals surface area contributed by atoms with Gasteiger partial charge in [-0.1, -0.05) is 18.3 Å². The molecule has 0 bridgehead atoms. The molecule has 2 unspecified atom stereocenters. The summed E-state index contributed by atoms with van der Waals surface area (Å²) >= 11 is 1.40. The molecule has 0 aliphatic heterocycles. The van der Waals surface area contributed by atoms with Crippen molar-refractivity contribution in [2.75, 3.05) is 11.9 Å². The Hall–Kier alpha value is -1.30. The van der Waals surface area contributed by atoms with Crippen LogP contribution in [0.1, 0.15) is 18.9 Å². The van der Waals surface area contributed by atoms with Gasteiger partial charge in [-0.2, -0.15) is 13.2 Å². The number of anilines is 1. The number of alkyl halides is 3. The highest BCUT2D eigenvalue weighted by molar-refractivity contribution is 7.22. The molecule has 2 atom stereocenters.